The van der Waals surface area contributed by atoms with Gasteiger partial charge in [-0.2, -0.15) is 0 Å². The molecule has 9 heteroatoms. The van der Waals surface area contributed by atoms with Crippen molar-refractivity contribution < 1.29 is 27.1 Å². The zero-order chi connectivity index (χ0) is 18.9. The van der Waals surface area contributed by atoms with Gasteiger partial charge in [0.25, 0.3) is 0 Å². The first-order chi connectivity index (χ1) is 12.2. The molecule has 0 bridgehead atoms. The second-order valence-electron chi connectivity index (χ2n) is 7.17. The Labute approximate surface area is 151 Å². The van der Waals surface area contributed by atoms with Crippen LogP contribution in [0.2, 0.25) is 0 Å². The van der Waals surface area contributed by atoms with E-state index in [-0.39, 0.29) is 18.6 Å². The summed E-state index contributed by atoms with van der Waals surface area (Å²) in [5.41, 5.74) is -0.475. The lowest BCUT2D eigenvalue weighted by Crippen LogP contribution is -2.55. The summed E-state index contributed by atoms with van der Waals surface area (Å²) in [5, 5.41) is 9.03. The molecule has 0 aliphatic heterocycles. The van der Waals surface area contributed by atoms with E-state index in [1.165, 1.54) is 6.07 Å². The highest BCUT2D eigenvalue weighted by Crippen LogP contribution is 2.34. The van der Waals surface area contributed by atoms with E-state index in [9.17, 15) is 22.0 Å². The third-order valence-electron chi connectivity index (χ3n) is 4.90. The van der Waals surface area contributed by atoms with Crippen molar-refractivity contribution in [3.05, 3.63) is 35.4 Å². The van der Waals surface area contributed by atoms with E-state index in [0.29, 0.717) is 18.8 Å². The minimum absolute atomic E-state index is 0.0181. The average Bonchev–Trinajstić information content (AvgIpc) is 3.29. The molecule has 1 aromatic rings. The van der Waals surface area contributed by atoms with Gasteiger partial charge in [0.15, 0.2) is 0 Å². The highest BCUT2D eigenvalue weighted by atomic mass is 32.2. The Kier molecular flexibility index (Phi) is 5.59. The third-order valence-corrected chi connectivity index (χ3v) is 6.26. The SMILES string of the molecule is O=C(O)CN(CC1CC1)C1CC(NS(=O)(=O)Cc2c(F)cccc2F)C1. The maximum atomic E-state index is 13.6. The summed E-state index contributed by atoms with van der Waals surface area (Å²) in [6.07, 6.45) is 3.21. The quantitative estimate of drug-likeness (QED) is 0.673. The minimum Gasteiger partial charge on any atom is -0.480 e. The van der Waals surface area contributed by atoms with E-state index in [2.05, 4.69) is 4.72 Å². The van der Waals surface area contributed by atoms with Crippen molar-refractivity contribution in [2.24, 2.45) is 5.92 Å². The molecule has 0 radical (unpaired) electrons. The Morgan fingerprint density at radius 1 is 1.23 bits per heavy atom. The zero-order valence-electron chi connectivity index (χ0n) is 14.2. The van der Waals surface area contributed by atoms with Crippen molar-refractivity contribution >= 4 is 16.0 Å². The van der Waals surface area contributed by atoms with Gasteiger partial charge in [-0.15, -0.1) is 0 Å². The smallest absolute Gasteiger partial charge is 0.317 e. The van der Waals surface area contributed by atoms with Crippen molar-refractivity contribution in [3.63, 3.8) is 0 Å². The molecule has 2 saturated carbocycles. The largest absolute Gasteiger partial charge is 0.480 e. The lowest BCUT2D eigenvalue weighted by molar-refractivity contribution is -0.139. The fourth-order valence-corrected chi connectivity index (χ4v) is 4.73. The van der Waals surface area contributed by atoms with E-state index >= 15 is 0 Å². The Morgan fingerprint density at radius 3 is 2.38 bits per heavy atom. The first-order valence-corrected chi connectivity index (χ1v) is 10.3. The van der Waals surface area contributed by atoms with Gasteiger partial charge >= 0.3 is 5.97 Å². The maximum Gasteiger partial charge on any atom is 0.317 e. The number of carboxylic acids is 1. The van der Waals surface area contributed by atoms with Crippen molar-refractivity contribution in [2.75, 3.05) is 13.1 Å². The number of sulfonamides is 1. The number of nitrogens with one attached hydrogen (secondary N) is 1. The predicted octanol–water partition coefficient (Wildman–Crippen LogP) is 1.71. The normalized spacial score (nSPS) is 23.0. The van der Waals surface area contributed by atoms with Crippen LogP contribution in [0.5, 0.6) is 0 Å². The highest BCUT2D eigenvalue weighted by Gasteiger charge is 2.38. The van der Waals surface area contributed by atoms with Gasteiger partial charge in [0, 0.05) is 24.2 Å². The summed E-state index contributed by atoms with van der Waals surface area (Å²) in [7, 11) is -3.89. The zero-order valence-corrected chi connectivity index (χ0v) is 15.0. The van der Waals surface area contributed by atoms with Gasteiger partial charge in [-0.25, -0.2) is 21.9 Å². The molecule has 0 amide bonds. The first kappa shape index (κ1) is 19.2. The van der Waals surface area contributed by atoms with E-state index in [0.717, 1.165) is 31.5 Å². The molecule has 26 heavy (non-hydrogen) atoms. The minimum atomic E-state index is -3.89. The molecule has 0 saturated heterocycles. The summed E-state index contributed by atoms with van der Waals surface area (Å²) < 4.78 is 54.1. The number of benzene rings is 1. The van der Waals surface area contributed by atoms with Crippen molar-refractivity contribution in [1.82, 2.24) is 9.62 Å². The molecule has 6 nitrogen and oxygen atoms in total. The summed E-state index contributed by atoms with van der Waals surface area (Å²) in [5.74, 6) is -2.90. The van der Waals surface area contributed by atoms with Crippen molar-refractivity contribution in [3.8, 4) is 0 Å². The summed E-state index contributed by atoms with van der Waals surface area (Å²) in [6.45, 7) is 0.665. The van der Waals surface area contributed by atoms with Crippen LogP contribution in [0.3, 0.4) is 0 Å². The van der Waals surface area contributed by atoms with Crippen molar-refractivity contribution in [2.45, 2.75) is 43.5 Å². The number of halogens is 2. The lowest BCUT2D eigenvalue weighted by Gasteiger charge is -2.42. The Hall–Kier alpha value is -1.58. The van der Waals surface area contributed by atoms with Crippen LogP contribution in [0.25, 0.3) is 0 Å². The number of aliphatic carboxylic acids is 1. The molecule has 3 rings (SSSR count). The Bertz CT molecular complexity index is 757. The van der Waals surface area contributed by atoms with E-state index in [1.54, 1.807) is 0 Å². The molecule has 2 N–H and O–H groups in total. The summed E-state index contributed by atoms with van der Waals surface area (Å²) >= 11 is 0. The molecule has 0 unspecified atom stereocenters. The standard InChI is InChI=1S/C17H22F2N2O4S/c18-15-2-1-3-16(19)14(15)10-26(24,25)20-12-6-13(7-12)21(9-17(22)23)8-11-4-5-11/h1-3,11-13,20H,4-10H2,(H,22,23). The van der Waals surface area contributed by atoms with Gasteiger partial charge in [-0.3, -0.25) is 9.69 Å². The third kappa shape index (κ3) is 4.99. The number of hydrogen-bond acceptors (Lipinski definition) is 4. The fraction of sp³-hybridized carbons (Fsp3) is 0.588. The summed E-state index contributed by atoms with van der Waals surface area (Å²) in [6, 6.07) is 2.91. The second kappa shape index (κ2) is 7.58. The van der Waals surface area contributed by atoms with Gasteiger partial charge < -0.3 is 5.11 Å². The van der Waals surface area contributed by atoms with Crippen LogP contribution in [-0.2, 0) is 20.6 Å². The average molecular weight is 388 g/mol. The van der Waals surface area contributed by atoms with Gasteiger partial charge in [-0.1, -0.05) is 6.07 Å². The lowest BCUT2D eigenvalue weighted by atomic mass is 9.86. The van der Waals surface area contributed by atoms with Gasteiger partial charge in [0.1, 0.15) is 11.6 Å². The van der Waals surface area contributed by atoms with Crippen LogP contribution >= 0.6 is 0 Å². The van der Waals surface area contributed by atoms with Gasteiger partial charge in [0.05, 0.1) is 12.3 Å². The number of carbonyl (C=O) groups is 1. The fourth-order valence-electron chi connectivity index (χ4n) is 3.29. The van der Waals surface area contributed by atoms with Crippen LogP contribution in [-0.4, -0.2) is 49.6 Å². The predicted molar refractivity (Wildman–Crippen MR) is 90.9 cm³/mol. The molecule has 2 aliphatic carbocycles. The number of nitrogens with zero attached hydrogens (tertiary/aromatic N) is 1. The van der Waals surface area contributed by atoms with E-state index < -0.39 is 38.9 Å². The number of rotatable bonds is 9. The van der Waals surface area contributed by atoms with E-state index in [1.807, 2.05) is 4.90 Å². The molecule has 2 fully saturated rings. The van der Waals surface area contributed by atoms with Crippen LogP contribution in [0, 0.1) is 17.6 Å². The molecule has 144 valence electrons. The maximum absolute atomic E-state index is 13.6. The Balaban J connectivity index is 1.54. The van der Waals surface area contributed by atoms with Gasteiger partial charge in [0.2, 0.25) is 10.0 Å². The van der Waals surface area contributed by atoms with Crippen LogP contribution in [0.4, 0.5) is 8.78 Å². The molecule has 0 aromatic heterocycles. The molecule has 0 atom stereocenters. The van der Waals surface area contributed by atoms with E-state index in [4.69, 9.17) is 5.11 Å². The molecular weight excluding hydrogens is 366 g/mol. The topological polar surface area (TPSA) is 86.7 Å². The van der Waals surface area contributed by atoms with Gasteiger partial charge in [-0.05, 0) is 43.7 Å². The number of hydrogen-bond donors (Lipinski definition) is 2. The molecule has 2 aliphatic rings. The molecule has 0 spiro atoms. The van der Waals surface area contributed by atoms with Crippen LogP contribution in [0.1, 0.15) is 31.2 Å². The van der Waals surface area contributed by atoms with Crippen LogP contribution < -0.4 is 4.72 Å². The Morgan fingerprint density at radius 2 is 1.85 bits per heavy atom. The molecule has 1 aromatic carbocycles. The monoisotopic (exact) mass is 388 g/mol. The first-order valence-electron chi connectivity index (χ1n) is 8.62. The molecule has 0 heterocycles. The van der Waals surface area contributed by atoms with Crippen LogP contribution in [0.15, 0.2) is 18.2 Å². The number of carboxylic acid groups (broad SMARTS) is 1. The van der Waals surface area contributed by atoms with Crippen molar-refractivity contribution in [1.29, 1.82) is 0 Å². The molecular formula is C17H22F2N2O4S. The summed E-state index contributed by atoms with van der Waals surface area (Å²) in [4.78, 5) is 12.9. The highest BCUT2D eigenvalue weighted by molar-refractivity contribution is 7.88. The second-order valence-corrected chi connectivity index (χ2v) is 8.92.